The molecule has 1 atom stereocenters. The number of rotatable bonds is 5. The van der Waals surface area contributed by atoms with Crippen molar-refractivity contribution in [2.45, 2.75) is 26.3 Å². The number of aromatic nitrogens is 2. The molecule has 1 rings (SSSR count). The van der Waals surface area contributed by atoms with Gasteiger partial charge in [0.15, 0.2) is 0 Å². The van der Waals surface area contributed by atoms with E-state index in [0.717, 1.165) is 0 Å². The van der Waals surface area contributed by atoms with Crippen molar-refractivity contribution in [3.05, 3.63) is 24.3 Å². The Labute approximate surface area is 113 Å². The second kappa shape index (κ2) is 6.82. The molecule has 0 aliphatic rings. The Hall–Kier alpha value is -1.98. The summed E-state index contributed by atoms with van der Waals surface area (Å²) in [6.07, 6.45) is 4.90. The van der Waals surface area contributed by atoms with Crippen molar-refractivity contribution >= 4 is 11.8 Å². The van der Waals surface area contributed by atoms with Gasteiger partial charge >= 0.3 is 0 Å². The van der Waals surface area contributed by atoms with Crippen LogP contribution >= 0.6 is 0 Å². The molecular formula is C13H20N4O2. The highest BCUT2D eigenvalue weighted by Gasteiger charge is 2.24. The zero-order valence-electron chi connectivity index (χ0n) is 11.8. The lowest BCUT2D eigenvalue weighted by molar-refractivity contribution is -0.131. The molecular weight excluding hydrogens is 244 g/mol. The van der Waals surface area contributed by atoms with Crippen molar-refractivity contribution in [2.75, 3.05) is 14.1 Å². The summed E-state index contributed by atoms with van der Waals surface area (Å²) in [5.41, 5.74) is 0.211. The molecule has 19 heavy (non-hydrogen) atoms. The third-order valence-electron chi connectivity index (χ3n) is 2.55. The number of hydrogen-bond acceptors (Lipinski definition) is 4. The minimum absolute atomic E-state index is 0.119. The van der Waals surface area contributed by atoms with Crippen molar-refractivity contribution in [1.29, 1.82) is 0 Å². The summed E-state index contributed by atoms with van der Waals surface area (Å²) in [5.74, 6) is -0.198. The molecule has 104 valence electrons. The Morgan fingerprint density at radius 2 is 2.00 bits per heavy atom. The van der Waals surface area contributed by atoms with E-state index in [-0.39, 0.29) is 17.5 Å². The fourth-order valence-corrected chi connectivity index (χ4v) is 1.65. The van der Waals surface area contributed by atoms with Gasteiger partial charge in [0.1, 0.15) is 11.7 Å². The second-order valence-electron chi connectivity index (χ2n) is 4.98. The van der Waals surface area contributed by atoms with Crippen LogP contribution in [-0.2, 0) is 4.79 Å². The van der Waals surface area contributed by atoms with Gasteiger partial charge in [-0.1, -0.05) is 13.8 Å². The van der Waals surface area contributed by atoms with Crippen LogP contribution in [0.5, 0.6) is 0 Å². The first-order valence-electron chi connectivity index (χ1n) is 6.20. The Morgan fingerprint density at radius 1 is 1.32 bits per heavy atom. The van der Waals surface area contributed by atoms with E-state index >= 15 is 0 Å². The van der Waals surface area contributed by atoms with Crippen LogP contribution in [0.4, 0.5) is 0 Å². The molecule has 1 N–H and O–H groups in total. The van der Waals surface area contributed by atoms with Gasteiger partial charge in [0.25, 0.3) is 5.91 Å². The zero-order chi connectivity index (χ0) is 14.4. The standard InChI is InChI=1S/C13H20N4O2/c1-9(2)7-10(13(19)17(3)4)16-12(18)11-8-14-5-6-15-11/h5-6,8-10H,7H2,1-4H3,(H,16,18). The molecule has 0 saturated heterocycles. The van der Waals surface area contributed by atoms with Gasteiger partial charge in [-0.05, 0) is 12.3 Å². The van der Waals surface area contributed by atoms with E-state index in [1.807, 2.05) is 13.8 Å². The maximum Gasteiger partial charge on any atom is 0.272 e. The van der Waals surface area contributed by atoms with Crippen LogP contribution in [0.1, 0.15) is 30.8 Å². The van der Waals surface area contributed by atoms with Gasteiger partial charge in [-0.3, -0.25) is 14.6 Å². The maximum atomic E-state index is 12.0. The molecule has 0 aliphatic carbocycles. The number of nitrogens with one attached hydrogen (secondary N) is 1. The highest BCUT2D eigenvalue weighted by atomic mass is 16.2. The van der Waals surface area contributed by atoms with Crippen LogP contribution in [0, 0.1) is 5.92 Å². The minimum atomic E-state index is -0.537. The Balaban J connectivity index is 2.77. The van der Waals surface area contributed by atoms with E-state index in [9.17, 15) is 9.59 Å². The number of carbonyl (C=O) groups excluding carboxylic acids is 2. The van der Waals surface area contributed by atoms with Crippen LogP contribution in [0.15, 0.2) is 18.6 Å². The SMILES string of the molecule is CC(C)CC(NC(=O)c1cnccn1)C(=O)N(C)C. The summed E-state index contributed by atoms with van der Waals surface area (Å²) in [7, 11) is 3.34. The third kappa shape index (κ3) is 4.65. The van der Waals surface area contributed by atoms with Crippen LogP contribution < -0.4 is 5.32 Å². The average Bonchev–Trinajstić information content (AvgIpc) is 2.37. The van der Waals surface area contributed by atoms with E-state index in [4.69, 9.17) is 0 Å². The van der Waals surface area contributed by atoms with Gasteiger partial charge in [-0.15, -0.1) is 0 Å². The summed E-state index contributed by atoms with van der Waals surface area (Å²) >= 11 is 0. The third-order valence-corrected chi connectivity index (χ3v) is 2.55. The summed E-state index contributed by atoms with van der Waals surface area (Å²) in [5, 5.41) is 2.71. The molecule has 1 heterocycles. The Kier molecular flexibility index (Phi) is 5.41. The van der Waals surface area contributed by atoms with Crippen molar-refractivity contribution in [3.8, 4) is 0 Å². The molecule has 1 aromatic heterocycles. The van der Waals surface area contributed by atoms with Gasteiger partial charge in [0.05, 0.1) is 6.20 Å². The second-order valence-corrected chi connectivity index (χ2v) is 4.98. The molecule has 0 aliphatic heterocycles. The first kappa shape index (κ1) is 15.1. The number of carbonyl (C=O) groups is 2. The lowest BCUT2D eigenvalue weighted by Crippen LogP contribution is -2.47. The van der Waals surface area contributed by atoms with E-state index in [2.05, 4.69) is 15.3 Å². The maximum absolute atomic E-state index is 12.0. The fourth-order valence-electron chi connectivity index (χ4n) is 1.65. The van der Waals surface area contributed by atoms with E-state index in [1.54, 1.807) is 14.1 Å². The summed E-state index contributed by atoms with van der Waals surface area (Å²) in [4.78, 5) is 33.2. The highest BCUT2D eigenvalue weighted by Crippen LogP contribution is 2.07. The van der Waals surface area contributed by atoms with Gasteiger partial charge in [-0.25, -0.2) is 4.98 Å². The van der Waals surface area contributed by atoms with Crippen molar-refractivity contribution in [1.82, 2.24) is 20.2 Å². The average molecular weight is 264 g/mol. The lowest BCUT2D eigenvalue weighted by atomic mass is 10.0. The van der Waals surface area contributed by atoms with E-state index < -0.39 is 6.04 Å². The molecule has 1 unspecified atom stereocenters. The minimum Gasteiger partial charge on any atom is -0.347 e. The molecule has 6 nitrogen and oxygen atoms in total. The molecule has 0 radical (unpaired) electrons. The van der Waals surface area contributed by atoms with E-state index in [0.29, 0.717) is 12.3 Å². The Bertz CT molecular complexity index is 432. The van der Waals surface area contributed by atoms with Crippen LogP contribution in [0.3, 0.4) is 0 Å². The summed E-state index contributed by atoms with van der Waals surface area (Å²) < 4.78 is 0. The van der Waals surface area contributed by atoms with Gasteiger partial charge in [0.2, 0.25) is 5.91 Å². The van der Waals surface area contributed by atoms with Gasteiger partial charge < -0.3 is 10.2 Å². The van der Waals surface area contributed by atoms with Gasteiger partial charge in [-0.2, -0.15) is 0 Å². The normalized spacial score (nSPS) is 12.1. The van der Waals surface area contributed by atoms with Crippen molar-refractivity contribution in [2.24, 2.45) is 5.92 Å². The van der Waals surface area contributed by atoms with E-state index in [1.165, 1.54) is 23.5 Å². The highest BCUT2D eigenvalue weighted by molar-refractivity contribution is 5.95. The predicted molar refractivity (Wildman–Crippen MR) is 71.4 cm³/mol. The molecule has 0 fully saturated rings. The predicted octanol–water partition coefficient (Wildman–Crippen LogP) is 0.709. The first-order chi connectivity index (χ1) is 8.91. The summed E-state index contributed by atoms with van der Waals surface area (Å²) in [6.45, 7) is 4.01. The van der Waals surface area contributed by atoms with Crippen LogP contribution in [-0.4, -0.2) is 46.8 Å². The van der Waals surface area contributed by atoms with Crippen molar-refractivity contribution < 1.29 is 9.59 Å². The zero-order valence-corrected chi connectivity index (χ0v) is 11.8. The smallest absolute Gasteiger partial charge is 0.272 e. The monoisotopic (exact) mass is 264 g/mol. The Morgan fingerprint density at radius 3 is 2.47 bits per heavy atom. The first-order valence-corrected chi connectivity index (χ1v) is 6.20. The van der Waals surface area contributed by atoms with Gasteiger partial charge in [0, 0.05) is 26.5 Å². The number of nitrogens with zero attached hydrogens (tertiary/aromatic N) is 3. The van der Waals surface area contributed by atoms with Crippen LogP contribution in [0.25, 0.3) is 0 Å². The number of hydrogen-bond donors (Lipinski definition) is 1. The molecule has 0 saturated carbocycles. The molecule has 0 aromatic carbocycles. The van der Waals surface area contributed by atoms with Crippen LogP contribution in [0.2, 0.25) is 0 Å². The molecule has 0 spiro atoms. The topological polar surface area (TPSA) is 75.2 Å². The number of likely N-dealkylation sites (N-methyl/N-ethyl adjacent to an activating group) is 1. The largest absolute Gasteiger partial charge is 0.347 e. The molecule has 1 aromatic rings. The summed E-state index contributed by atoms with van der Waals surface area (Å²) in [6, 6.07) is -0.537. The molecule has 6 heteroatoms. The molecule has 0 bridgehead atoms. The fraction of sp³-hybridized carbons (Fsp3) is 0.538. The van der Waals surface area contributed by atoms with Crippen molar-refractivity contribution in [3.63, 3.8) is 0 Å². The quantitative estimate of drug-likeness (QED) is 0.850. The lowest BCUT2D eigenvalue weighted by Gasteiger charge is -2.22. The number of amides is 2. The molecule has 2 amide bonds.